The summed E-state index contributed by atoms with van der Waals surface area (Å²) in [6, 6.07) is 15.5. The highest BCUT2D eigenvalue weighted by molar-refractivity contribution is 5.77. The zero-order chi connectivity index (χ0) is 19.1. The Bertz CT molecular complexity index is 817. The smallest absolute Gasteiger partial charge is 0.260 e. The van der Waals surface area contributed by atoms with E-state index in [-0.39, 0.29) is 18.3 Å². The van der Waals surface area contributed by atoms with Gasteiger partial charge in [-0.1, -0.05) is 24.3 Å². The van der Waals surface area contributed by atoms with Crippen molar-refractivity contribution in [3.05, 3.63) is 65.5 Å². The lowest BCUT2D eigenvalue weighted by Gasteiger charge is -2.22. The Morgan fingerprint density at radius 3 is 2.63 bits per heavy atom. The quantitative estimate of drug-likeness (QED) is 0.815. The molecule has 0 radical (unpaired) electrons. The number of carbonyl (C=O) groups is 1. The van der Waals surface area contributed by atoms with E-state index >= 15 is 0 Å². The first kappa shape index (κ1) is 18.9. The summed E-state index contributed by atoms with van der Waals surface area (Å²) in [6.45, 7) is 3.63. The van der Waals surface area contributed by atoms with Gasteiger partial charge in [0.15, 0.2) is 6.61 Å². The van der Waals surface area contributed by atoms with Gasteiger partial charge in [-0.05, 0) is 36.2 Å². The molecule has 0 aliphatic carbocycles. The van der Waals surface area contributed by atoms with E-state index in [1.807, 2.05) is 0 Å². The van der Waals surface area contributed by atoms with Gasteiger partial charge in [0.1, 0.15) is 17.6 Å². The standard InChI is InChI=1S/C21H22FN3O2/c22-19-8-6-17(7-9-19)15-24-10-3-11-25(13-12-24)21(26)16-27-20-5-2-1-4-18(20)14-23/h1-2,4-9H,3,10-13,15-16H2. The Balaban J connectivity index is 1.50. The molecule has 1 saturated heterocycles. The molecule has 0 atom stereocenters. The van der Waals surface area contributed by atoms with Crippen molar-refractivity contribution >= 4 is 5.91 Å². The number of nitriles is 1. The van der Waals surface area contributed by atoms with E-state index in [4.69, 9.17) is 10.00 Å². The minimum Gasteiger partial charge on any atom is -0.482 e. The number of halogens is 1. The Kier molecular flexibility index (Phi) is 6.39. The number of para-hydroxylation sites is 1. The van der Waals surface area contributed by atoms with Crippen LogP contribution < -0.4 is 4.74 Å². The lowest BCUT2D eigenvalue weighted by Crippen LogP contribution is -2.38. The first-order valence-corrected chi connectivity index (χ1v) is 9.02. The highest BCUT2D eigenvalue weighted by atomic mass is 19.1. The molecule has 0 saturated carbocycles. The summed E-state index contributed by atoms with van der Waals surface area (Å²) >= 11 is 0. The van der Waals surface area contributed by atoms with Gasteiger partial charge in [0, 0.05) is 32.7 Å². The molecule has 1 amide bonds. The summed E-state index contributed by atoms with van der Waals surface area (Å²) in [5.74, 6) is 0.122. The van der Waals surface area contributed by atoms with Crippen LogP contribution >= 0.6 is 0 Å². The highest BCUT2D eigenvalue weighted by Gasteiger charge is 2.20. The number of carbonyl (C=O) groups excluding carboxylic acids is 1. The number of rotatable bonds is 5. The molecular weight excluding hydrogens is 345 g/mol. The maximum atomic E-state index is 13.0. The van der Waals surface area contributed by atoms with Gasteiger partial charge in [-0.15, -0.1) is 0 Å². The largest absolute Gasteiger partial charge is 0.482 e. The third-order valence-electron chi connectivity index (χ3n) is 4.62. The van der Waals surface area contributed by atoms with Crippen LogP contribution in [-0.2, 0) is 11.3 Å². The van der Waals surface area contributed by atoms with Crippen molar-refractivity contribution in [3.63, 3.8) is 0 Å². The summed E-state index contributed by atoms with van der Waals surface area (Å²) in [5, 5.41) is 9.08. The first-order valence-electron chi connectivity index (χ1n) is 9.02. The van der Waals surface area contributed by atoms with E-state index in [1.165, 1.54) is 12.1 Å². The number of hydrogen-bond acceptors (Lipinski definition) is 4. The molecule has 0 aromatic heterocycles. The van der Waals surface area contributed by atoms with Crippen LogP contribution in [0.25, 0.3) is 0 Å². The highest BCUT2D eigenvalue weighted by Crippen LogP contribution is 2.17. The summed E-state index contributed by atoms with van der Waals surface area (Å²) in [4.78, 5) is 16.6. The second-order valence-electron chi connectivity index (χ2n) is 6.53. The first-order chi connectivity index (χ1) is 13.2. The van der Waals surface area contributed by atoms with Gasteiger partial charge in [-0.25, -0.2) is 4.39 Å². The van der Waals surface area contributed by atoms with Crippen molar-refractivity contribution in [2.75, 3.05) is 32.8 Å². The number of nitrogens with zero attached hydrogens (tertiary/aromatic N) is 3. The lowest BCUT2D eigenvalue weighted by atomic mass is 10.2. The van der Waals surface area contributed by atoms with Crippen LogP contribution in [0.3, 0.4) is 0 Å². The third kappa shape index (κ3) is 5.28. The van der Waals surface area contributed by atoms with Gasteiger partial charge in [-0.3, -0.25) is 9.69 Å². The van der Waals surface area contributed by atoms with E-state index in [1.54, 1.807) is 41.3 Å². The van der Waals surface area contributed by atoms with E-state index in [2.05, 4.69) is 11.0 Å². The van der Waals surface area contributed by atoms with Crippen LogP contribution in [0.5, 0.6) is 5.75 Å². The predicted molar refractivity (Wildman–Crippen MR) is 99.5 cm³/mol. The van der Waals surface area contributed by atoms with Crippen molar-refractivity contribution in [2.45, 2.75) is 13.0 Å². The van der Waals surface area contributed by atoms with Gasteiger partial charge >= 0.3 is 0 Å². The van der Waals surface area contributed by atoms with Gasteiger partial charge in [0.05, 0.1) is 5.56 Å². The molecule has 5 nitrogen and oxygen atoms in total. The Labute approximate surface area is 158 Å². The van der Waals surface area contributed by atoms with Gasteiger partial charge in [0.25, 0.3) is 5.91 Å². The fourth-order valence-corrected chi connectivity index (χ4v) is 3.14. The van der Waals surface area contributed by atoms with Crippen molar-refractivity contribution in [3.8, 4) is 11.8 Å². The third-order valence-corrected chi connectivity index (χ3v) is 4.62. The minimum absolute atomic E-state index is 0.0728. The molecule has 0 spiro atoms. The lowest BCUT2D eigenvalue weighted by molar-refractivity contribution is -0.133. The Hall–Kier alpha value is -2.91. The molecule has 1 aliphatic rings. The summed E-state index contributed by atoms with van der Waals surface area (Å²) in [6.07, 6.45) is 0.877. The van der Waals surface area contributed by atoms with Gasteiger partial charge < -0.3 is 9.64 Å². The second-order valence-corrected chi connectivity index (χ2v) is 6.53. The molecule has 6 heteroatoms. The SMILES string of the molecule is N#Cc1ccccc1OCC(=O)N1CCCN(Cc2ccc(F)cc2)CC1. The average Bonchev–Trinajstić information content (AvgIpc) is 2.94. The molecule has 140 valence electrons. The second kappa shape index (κ2) is 9.15. The topological polar surface area (TPSA) is 56.6 Å². The number of amides is 1. The molecule has 0 N–H and O–H groups in total. The Morgan fingerprint density at radius 1 is 1.07 bits per heavy atom. The van der Waals surface area contributed by atoms with E-state index in [0.717, 1.165) is 31.6 Å². The van der Waals surface area contributed by atoms with Crippen LogP contribution in [0, 0.1) is 17.1 Å². The van der Waals surface area contributed by atoms with Crippen molar-refractivity contribution in [1.29, 1.82) is 5.26 Å². The maximum Gasteiger partial charge on any atom is 0.260 e. The number of hydrogen-bond donors (Lipinski definition) is 0. The molecule has 1 fully saturated rings. The monoisotopic (exact) mass is 367 g/mol. The molecule has 0 unspecified atom stereocenters. The van der Waals surface area contributed by atoms with Crippen molar-refractivity contribution in [1.82, 2.24) is 9.80 Å². The summed E-state index contributed by atoms with van der Waals surface area (Å²) < 4.78 is 18.6. The van der Waals surface area contributed by atoms with E-state index in [0.29, 0.717) is 24.4 Å². The normalized spacial score (nSPS) is 15.0. The van der Waals surface area contributed by atoms with E-state index < -0.39 is 0 Å². The molecule has 3 rings (SSSR count). The molecule has 1 heterocycles. The average molecular weight is 367 g/mol. The van der Waals surface area contributed by atoms with Crippen LogP contribution in [0.4, 0.5) is 4.39 Å². The minimum atomic E-state index is -0.232. The molecular formula is C21H22FN3O2. The predicted octanol–water partition coefficient (Wildman–Crippen LogP) is 2.81. The molecule has 1 aliphatic heterocycles. The van der Waals surface area contributed by atoms with E-state index in [9.17, 15) is 9.18 Å². The maximum absolute atomic E-state index is 13.0. The molecule has 2 aromatic carbocycles. The van der Waals surface area contributed by atoms with Crippen LogP contribution in [0.1, 0.15) is 17.5 Å². The molecule has 2 aromatic rings. The van der Waals surface area contributed by atoms with Crippen molar-refractivity contribution in [2.24, 2.45) is 0 Å². The fraction of sp³-hybridized carbons (Fsp3) is 0.333. The van der Waals surface area contributed by atoms with Crippen LogP contribution in [0.15, 0.2) is 48.5 Å². The number of benzene rings is 2. The molecule has 27 heavy (non-hydrogen) atoms. The van der Waals surface area contributed by atoms with Gasteiger partial charge in [0.2, 0.25) is 0 Å². The Morgan fingerprint density at radius 2 is 1.85 bits per heavy atom. The van der Waals surface area contributed by atoms with Gasteiger partial charge in [-0.2, -0.15) is 5.26 Å². The zero-order valence-corrected chi connectivity index (χ0v) is 15.1. The van der Waals surface area contributed by atoms with Crippen LogP contribution in [0.2, 0.25) is 0 Å². The summed E-state index contributed by atoms with van der Waals surface area (Å²) in [5.41, 5.74) is 1.49. The number of ether oxygens (including phenoxy) is 1. The fourth-order valence-electron chi connectivity index (χ4n) is 3.14. The summed E-state index contributed by atoms with van der Waals surface area (Å²) in [7, 11) is 0. The van der Waals surface area contributed by atoms with Crippen molar-refractivity contribution < 1.29 is 13.9 Å². The van der Waals surface area contributed by atoms with Crippen LogP contribution in [-0.4, -0.2) is 48.5 Å². The zero-order valence-electron chi connectivity index (χ0n) is 15.1. The molecule has 0 bridgehead atoms.